The van der Waals surface area contributed by atoms with Crippen LogP contribution in [0.25, 0.3) is 0 Å². The molecule has 0 amide bonds. The van der Waals surface area contributed by atoms with E-state index < -0.39 is 5.79 Å². The third-order valence-corrected chi connectivity index (χ3v) is 3.38. The molecule has 2 heteroatoms. The van der Waals surface area contributed by atoms with Gasteiger partial charge in [0.2, 0.25) is 0 Å². The Hall–Kier alpha value is -0.340. The summed E-state index contributed by atoms with van der Waals surface area (Å²) in [6.45, 7) is 8.01. The third kappa shape index (κ3) is 0.947. The maximum atomic E-state index is 9.86. The van der Waals surface area contributed by atoms with E-state index in [1.807, 2.05) is 6.92 Å². The third-order valence-electron chi connectivity index (χ3n) is 3.38. The van der Waals surface area contributed by atoms with Crippen LogP contribution in [0.2, 0.25) is 0 Å². The van der Waals surface area contributed by atoms with Crippen LogP contribution in [0.15, 0.2) is 12.2 Å². The van der Waals surface area contributed by atoms with Crippen molar-refractivity contribution in [3.05, 3.63) is 12.2 Å². The molecule has 3 aliphatic rings. The van der Waals surface area contributed by atoms with Gasteiger partial charge in [-0.25, -0.2) is 0 Å². The molecule has 12 heavy (non-hydrogen) atoms. The topological polar surface area (TPSA) is 29.5 Å². The van der Waals surface area contributed by atoms with Gasteiger partial charge in [-0.2, -0.15) is 0 Å². The zero-order valence-electron chi connectivity index (χ0n) is 7.71. The molecule has 3 rings (SSSR count). The van der Waals surface area contributed by atoms with E-state index in [2.05, 4.69) is 13.5 Å². The smallest absolute Gasteiger partial charge is 0.171 e. The fourth-order valence-electron chi connectivity index (χ4n) is 2.27. The summed E-state index contributed by atoms with van der Waals surface area (Å²) in [6.07, 6.45) is 2.05. The Morgan fingerprint density at radius 2 is 2.33 bits per heavy atom. The Labute approximate surface area is 73.2 Å². The fourth-order valence-corrected chi connectivity index (χ4v) is 2.27. The lowest BCUT2D eigenvalue weighted by Crippen LogP contribution is -2.63. The van der Waals surface area contributed by atoms with Gasteiger partial charge in [-0.15, -0.1) is 0 Å². The number of aliphatic hydroxyl groups is 1. The highest BCUT2D eigenvalue weighted by molar-refractivity contribution is 5.08. The van der Waals surface area contributed by atoms with Crippen LogP contribution in [0.5, 0.6) is 0 Å². The summed E-state index contributed by atoms with van der Waals surface area (Å²) < 4.78 is 5.37. The summed E-state index contributed by atoms with van der Waals surface area (Å²) in [5, 5.41) is 9.86. The minimum atomic E-state index is -0.827. The first-order chi connectivity index (χ1) is 5.53. The first kappa shape index (κ1) is 8.27. The quantitative estimate of drug-likeness (QED) is 0.604. The maximum Gasteiger partial charge on any atom is 0.171 e. The molecule has 1 saturated carbocycles. The standard InChI is InChI=1S/C10H16O2/c1-6(2)8-4-9-7(3)10(11,5-8)12-9/h7-9,11H,1,4-5H2,2-3H3. The Bertz CT molecular complexity index is 224. The lowest BCUT2D eigenvalue weighted by molar-refractivity contribution is -0.389. The van der Waals surface area contributed by atoms with E-state index in [1.54, 1.807) is 0 Å². The number of rotatable bonds is 1. The molecule has 2 saturated heterocycles. The van der Waals surface area contributed by atoms with Crippen LogP contribution in [0.4, 0.5) is 0 Å². The molecule has 3 fully saturated rings. The number of fused-ring (bicyclic) bond motifs is 2. The molecule has 0 aromatic heterocycles. The van der Waals surface area contributed by atoms with Crippen LogP contribution < -0.4 is 0 Å². The number of allylic oxidation sites excluding steroid dienone is 1. The summed E-state index contributed by atoms with van der Waals surface area (Å²) in [4.78, 5) is 0. The highest BCUT2D eigenvalue weighted by Gasteiger charge is 2.57. The van der Waals surface area contributed by atoms with Crippen molar-refractivity contribution in [3.8, 4) is 0 Å². The molecule has 0 radical (unpaired) electrons. The lowest BCUT2D eigenvalue weighted by Gasteiger charge is -2.56. The van der Waals surface area contributed by atoms with Gasteiger partial charge in [0.25, 0.3) is 0 Å². The molecule has 0 aromatic rings. The largest absolute Gasteiger partial charge is 0.365 e. The average Bonchev–Trinajstić information content (AvgIpc) is 2.03. The molecule has 1 N–H and O–H groups in total. The molecule has 2 bridgehead atoms. The summed E-state index contributed by atoms with van der Waals surface area (Å²) in [5.41, 5.74) is 1.17. The molecule has 4 unspecified atom stereocenters. The minimum Gasteiger partial charge on any atom is -0.365 e. The van der Waals surface area contributed by atoms with Crippen LogP contribution in [-0.2, 0) is 4.74 Å². The highest BCUT2D eigenvalue weighted by Crippen LogP contribution is 2.50. The molecular formula is C10H16O2. The zero-order chi connectivity index (χ0) is 8.93. The summed E-state index contributed by atoms with van der Waals surface area (Å²) in [5.74, 6) is -0.0509. The van der Waals surface area contributed by atoms with Gasteiger partial charge in [0.05, 0.1) is 6.10 Å². The molecule has 1 aliphatic carbocycles. The van der Waals surface area contributed by atoms with Crippen molar-refractivity contribution in [2.45, 2.75) is 38.6 Å². The van der Waals surface area contributed by atoms with Crippen molar-refractivity contribution < 1.29 is 9.84 Å². The second-order valence-corrected chi connectivity index (χ2v) is 4.27. The van der Waals surface area contributed by atoms with Crippen molar-refractivity contribution in [1.29, 1.82) is 0 Å². The van der Waals surface area contributed by atoms with Gasteiger partial charge < -0.3 is 9.84 Å². The van der Waals surface area contributed by atoms with Crippen molar-refractivity contribution in [2.75, 3.05) is 0 Å². The summed E-state index contributed by atoms with van der Waals surface area (Å²) >= 11 is 0. The fraction of sp³-hybridized carbons (Fsp3) is 0.800. The monoisotopic (exact) mass is 168 g/mol. The van der Waals surface area contributed by atoms with E-state index in [1.165, 1.54) is 5.57 Å². The molecule has 2 nitrogen and oxygen atoms in total. The van der Waals surface area contributed by atoms with E-state index in [0.29, 0.717) is 11.8 Å². The molecule has 2 aliphatic heterocycles. The Balaban J connectivity index is 2.09. The maximum absolute atomic E-state index is 9.86. The predicted molar refractivity (Wildman–Crippen MR) is 46.5 cm³/mol. The molecule has 4 atom stereocenters. The van der Waals surface area contributed by atoms with Crippen LogP contribution in [-0.4, -0.2) is 17.0 Å². The minimum absolute atomic E-state index is 0.269. The number of hydrogen-bond acceptors (Lipinski definition) is 2. The van der Waals surface area contributed by atoms with Gasteiger partial charge in [-0.05, 0) is 19.3 Å². The lowest BCUT2D eigenvalue weighted by atomic mass is 9.69. The van der Waals surface area contributed by atoms with E-state index in [4.69, 9.17) is 4.74 Å². The highest BCUT2D eigenvalue weighted by atomic mass is 16.7. The van der Waals surface area contributed by atoms with Crippen LogP contribution in [0.3, 0.4) is 0 Å². The number of hydrogen-bond donors (Lipinski definition) is 1. The van der Waals surface area contributed by atoms with Crippen molar-refractivity contribution in [1.82, 2.24) is 0 Å². The van der Waals surface area contributed by atoms with E-state index >= 15 is 0 Å². The second kappa shape index (κ2) is 2.33. The SMILES string of the molecule is C=C(C)C1CC2OC(O)(C1)C2C. The van der Waals surface area contributed by atoms with Gasteiger partial charge in [-0.1, -0.05) is 19.1 Å². The molecular weight excluding hydrogens is 152 g/mol. The summed E-state index contributed by atoms with van der Waals surface area (Å²) in [7, 11) is 0. The van der Waals surface area contributed by atoms with Crippen LogP contribution in [0, 0.1) is 11.8 Å². The van der Waals surface area contributed by atoms with E-state index in [-0.39, 0.29) is 6.10 Å². The molecule has 0 aromatic carbocycles. The molecule has 68 valence electrons. The Morgan fingerprint density at radius 3 is 2.75 bits per heavy atom. The van der Waals surface area contributed by atoms with Crippen LogP contribution in [0.1, 0.15) is 26.7 Å². The normalized spacial score (nSPS) is 51.4. The van der Waals surface area contributed by atoms with E-state index in [9.17, 15) is 5.11 Å². The second-order valence-electron chi connectivity index (χ2n) is 4.27. The van der Waals surface area contributed by atoms with Gasteiger partial charge in [-0.3, -0.25) is 0 Å². The van der Waals surface area contributed by atoms with Gasteiger partial charge in [0, 0.05) is 12.3 Å². The predicted octanol–water partition coefficient (Wildman–Crippen LogP) is 1.70. The molecule has 0 spiro atoms. The van der Waals surface area contributed by atoms with Crippen molar-refractivity contribution >= 4 is 0 Å². The van der Waals surface area contributed by atoms with Crippen LogP contribution >= 0.6 is 0 Å². The zero-order valence-corrected chi connectivity index (χ0v) is 7.71. The number of ether oxygens (including phenoxy) is 1. The van der Waals surface area contributed by atoms with Gasteiger partial charge in [0.1, 0.15) is 0 Å². The van der Waals surface area contributed by atoms with E-state index in [0.717, 1.165) is 12.8 Å². The Kier molecular flexibility index (Phi) is 1.61. The Morgan fingerprint density at radius 1 is 1.67 bits per heavy atom. The first-order valence-corrected chi connectivity index (χ1v) is 4.58. The van der Waals surface area contributed by atoms with Crippen molar-refractivity contribution in [2.24, 2.45) is 11.8 Å². The van der Waals surface area contributed by atoms with Gasteiger partial charge in [0.15, 0.2) is 5.79 Å². The first-order valence-electron chi connectivity index (χ1n) is 4.58. The molecule has 2 heterocycles. The average molecular weight is 168 g/mol. The van der Waals surface area contributed by atoms with Crippen molar-refractivity contribution in [3.63, 3.8) is 0 Å². The van der Waals surface area contributed by atoms with Gasteiger partial charge >= 0.3 is 0 Å². The summed E-state index contributed by atoms with van der Waals surface area (Å²) in [6, 6.07) is 0.